The van der Waals surface area contributed by atoms with Gasteiger partial charge in [-0.05, 0) is 184 Å². The van der Waals surface area contributed by atoms with Crippen LogP contribution in [0.15, 0.2) is 133 Å². The van der Waals surface area contributed by atoms with E-state index in [9.17, 15) is 5.26 Å². The van der Waals surface area contributed by atoms with Gasteiger partial charge in [0.1, 0.15) is 11.6 Å². The molecule has 322 valence electrons. The van der Waals surface area contributed by atoms with Crippen molar-refractivity contribution in [2.75, 3.05) is 0 Å². The predicted molar refractivity (Wildman–Crippen MR) is 264 cm³/mol. The minimum absolute atomic E-state index is 0.0264. The second kappa shape index (κ2) is 13.7. The molecule has 6 aromatic carbocycles. The highest BCUT2D eigenvalue weighted by molar-refractivity contribution is 6.11. The molecule has 66 heavy (non-hydrogen) atoms. The summed E-state index contributed by atoms with van der Waals surface area (Å²) in [7, 11) is 0. The summed E-state index contributed by atoms with van der Waals surface area (Å²) in [6.07, 6.45) is 15.6. The number of aromatic nitrogens is 5. The fourth-order valence-electron chi connectivity index (χ4n) is 16.2. The Morgan fingerprint density at radius 2 is 0.924 bits per heavy atom. The fourth-order valence-corrected chi connectivity index (χ4v) is 16.2. The van der Waals surface area contributed by atoms with Gasteiger partial charge in [0.15, 0.2) is 5.82 Å². The highest BCUT2D eigenvalue weighted by atomic mass is 15.1. The molecule has 0 saturated heterocycles. The maximum Gasteiger partial charge on any atom is 0.165 e. The van der Waals surface area contributed by atoms with Crippen molar-refractivity contribution in [3.8, 4) is 40.0 Å². The molecule has 0 unspecified atom stereocenters. The molecule has 9 aromatic rings. The zero-order valence-electron chi connectivity index (χ0n) is 37.3. The van der Waals surface area contributed by atoms with E-state index in [2.05, 4.69) is 143 Å². The first-order valence-corrected chi connectivity index (χ1v) is 24.9. The van der Waals surface area contributed by atoms with Crippen molar-refractivity contribution in [1.29, 1.82) is 5.26 Å². The summed E-state index contributed by atoms with van der Waals surface area (Å²) in [6.45, 7) is 0. The van der Waals surface area contributed by atoms with Crippen molar-refractivity contribution in [3.63, 3.8) is 0 Å². The molecule has 8 fully saturated rings. The van der Waals surface area contributed by atoms with Crippen LogP contribution in [-0.2, 0) is 10.8 Å². The first-order chi connectivity index (χ1) is 32.5. The summed E-state index contributed by atoms with van der Waals surface area (Å²) in [5.41, 5.74) is 10.8. The molecule has 8 saturated carbocycles. The van der Waals surface area contributed by atoms with Crippen LogP contribution in [0.1, 0.15) is 94.3 Å². The van der Waals surface area contributed by atoms with Crippen LogP contribution in [0.5, 0.6) is 0 Å². The second-order valence-corrected chi connectivity index (χ2v) is 22.1. The predicted octanol–water partition coefficient (Wildman–Crippen LogP) is 14.2. The van der Waals surface area contributed by atoms with Crippen molar-refractivity contribution < 1.29 is 0 Å². The van der Waals surface area contributed by atoms with Gasteiger partial charge in [0.2, 0.25) is 0 Å². The van der Waals surface area contributed by atoms with Gasteiger partial charge in [-0.1, -0.05) is 72.8 Å². The molecular formula is C60H52N6. The van der Waals surface area contributed by atoms with Gasteiger partial charge in [0.25, 0.3) is 0 Å². The van der Waals surface area contributed by atoms with E-state index in [1.54, 1.807) is 0 Å². The third-order valence-corrected chi connectivity index (χ3v) is 18.0. The lowest BCUT2D eigenvalue weighted by Gasteiger charge is -2.57. The molecule has 0 amide bonds. The Bertz CT molecular complexity index is 3360. The molecule has 8 aliphatic carbocycles. The molecule has 8 aliphatic rings. The minimum Gasteiger partial charge on any atom is -0.309 e. The molecule has 8 bridgehead atoms. The molecule has 3 heterocycles. The van der Waals surface area contributed by atoms with Crippen molar-refractivity contribution >= 4 is 43.6 Å². The van der Waals surface area contributed by atoms with Crippen molar-refractivity contribution in [1.82, 2.24) is 24.1 Å². The van der Waals surface area contributed by atoms with Crippen LogP contribution < -0.4 is 0 Å². The number of para-hydroxylation sites is 3. The van der Waals surface area contributed by atoms with Gasteiger partial charge in [-0.3, -0.25) is 0 Å². The number of nitriles is 1. The number of rotatable bonds is 6. The van der Waals surface area contributed by atoms with E-state index in [1.807, 2.05) is 6.07 Å². The first kappa shape index (κ1) is 37.6. The number of hydrogen-bond acceptors (Lipinski definition) is 4. The molecule has 0 spiro atoms. The highest BCUT2D eigenvalue weighted by Crippen LogP contribution is 2.62. The molecular weight excluding hydrogens is 805 g/mol. The standard InChI is InChI=1S/C60H52N6/c61-35-36-16-18-55(50(26-36)56-62-57(59-29-37-20-38(30-59)22-39(21-37)31-59)64-58(63-56)60-32-40-23-41(33-60)25-42(24-40)34-60)66-53-15-6-3-12-48(53)49-28-44(17-19-54(49)66)43-8-7-9-45(27-43)65-51-13-4-1-10-46(51)47-11-2-5-14-52(47)65/h1-19,26-28,37-42H,20-25,29-34H2. The lowest BCUT2D eigenvalue weighted by Crippen LogP contribution is -2.51. The average Bonchev–Trinajstić information content (AvgIpc) is 3.85. The lowest BCUT2D eigenvalue weighted by atomic mass is 9.49. The van der Waals surface area contributed by atoms with E-state index < -0.39 is 0 Å². The van der Waals surface area contributed by atoms with Gasteiger partial charge in [0.05, 0.1) is 39.4 Å². The van der Waals surface area contributed by atoms with Crippen LogP contribution in [0, 0.1) is 46.8 Å². The molecule has 0 radical (unpaired) electrons. The highest BCUT2D eigenvalue weighted by Gasteiger charge is 2.56. The average molecular weight is 857 g/mol. The second-order valence-electron chi connectivity index (χ2n) is 22.1. The van der Waals surface area contributed by atoms with Crippen molar-refractivity contribution in [2.24, 2.45) is 35.5 Å². The molecule has 0 atom stereocenters. The fraction of sp³-hybridized carbons (Fsp3) is 0.333. The summed E-state index contributed by atoms with van der Waals surface area (Å²) in [5, 5.41) is 15.4. The normalized spacial score (nSPS) is 28.3. The van der Waals surface area contributed by atoms with Crippen LogP contribution in [0.25, 0.3) is 77.5 Å². The Hall–Kier alpha value is -6.58. The van der Waals surface area contributed by atoms with E-state index >= 15 is 0 Å². The number of benzene rings is 6. The summed E-state index contributed by atoms with van der Waals surface area (Å²) in [4.78, 5) is 17.2. The number of nitrogens with zero attached hydrogens (tertiary/aromatic N) is 6. The summed E-state index contributed by atoms with van der Waals surface area (Å²) >= 11 is 0. The van der Waals surface area contributed by atoms with Gasteiger partial charge in [-0.2, -0.15) is 5.26 Å². The van der Waals surface area contributed by atoms with Gasteiger partial charge < -0.3 is 9.13 Å². The Kier molecular flexibility index (Phi) is 7.83. The zero-order chi connectivity index (χ0) is 43.3. The van der Waals surface area contributed by atoms with Crippen molar-refractivity contribution in [3.05, 3.63) is 151 Å². The van der Waals surface area contributed by atoms with Gasteiger partial charge in [-0.15, -0.1) is 0 Å². The molecule has 6 heteroatoms. The maximum absolute atomic E-state index is 10.5. The molecule has 3 aromatic heterocycles. The van der Waals surface area contributed by atoms with Crippen molar-refractivity contribution in [2.45, 2.75) is 87.9 Å². The van der Waals surface area contributed by atoms with Crippen LogP contribution in [0.3, 0.4) is 0 Å². The summed E-state index contributed by atoms with van der Waals surface area (Å²) < 4.78 is 4.81. The quantitative estimate of drug-likeness (QED) is 0.167. The van der Waals surface area contributed by atoms with E-state index in [4.69, 9.17) is 15.0 Å². The zero-order valence-corrected chi connectivity index (χ0v) is 37.3. The maximum atomic E-state index is 10.5. The van der Waals surface area contributed by atoms with Crippen LogP contribution in [0.4, 0.5) is 0 Å². The molecule has 0 aliphatic heterocycles. The number of hydrogen-bond donors (Lipinski definition) is 0. The summed E-state index contributed by atoms with van der Waals surface area (Å²) in [6, 6.07) is 50.9. The van der Waals surface area contributed by atoms with E-state index in [0.717, 1.165) is 81.0 Å². The SMILES string of the molecule is N#Cc1ccc(-n2c3ccccc3c3cc(-c4cccc(-n5c6ccccc6c6ccccc65)c4)ccc32)c(-c2nc(C34CC5CC(CC(C5)C3)C4)nc(C34CC5CC(CC(C5)C3)C4)n2)c1. The van der Waals surface area contributed by atoms with E-state index in [1.165, 1.54) is 121 Å². The monoisotopic (exact) mass is 856 g/mol. The third kappa shape index (κ3) is 5.49. The van der Waals surface area contributed by atoms with E-state index in [-0.39, 0.29) is 10.8 Å². The smallest absolute Gasteiger partial charge is 0.165 e. The molecule has 6 nitrogen and oxygen atoms in total. The Morgan fingerprint density at radius 1 is 0.439 bits per heavy atom. The van der Waals surface area contributed by atoms with Crippen LogP contribution in [-0.4, -0.2) is 24.1 Å². The first-order valence-electron chi connectivity index (χ1n) is 24.9. The third-order valence-electron chi connectivity index (χ3n) is 18.0. The Morgan fingerprint density at radius 3 is 1.47 bits per heavy atom. The minimum atomic E-state index is 0.0264. The number of fused-ring (bicyclic) bond motifs is 6. The van der Waals surface area contributed by atoms with Gasteiger partial charge >= 0.3 is 0 Å². The summed E-state index contributed by atoms with van der Waals surface area (Å²) in [5.74, 6) is 7.63. The Labute approximate surface area is 385 Å². The largest absolute Gasteiger partial charge is 0.309 e. The van der Waals surface area contributed by atoms with E-state index in [0.29, 0.717) is 5.56 Å². The van der Waals surface area contributed by atoms with Crippen LogP contribution >= 0.6 is 0 Å². The lowest BCUT2D eigenvalue weighted by molar-refractivity contribution is -0.0155. The molecule has 0 N–H and O–H groups in total. The molecule has 17 rings (SSSR count). The van der Waals surface area contributed by atoms with Gasteiger partial charge in [-0.25, -0.2) is 15.0 Å². The topological polar surface area (TPSA) is 72.3 Å². The Balaban J connectivity index is 0.906. The van der Waals surface area contributed by atoms with Crippen LogP contribution in [0.2, 0.25) is 0 Å². The van der Waals surface area contributed by atoms with Gasteiger partial charge in [0, 0.05) is 43.6 Å².